The van der Waals surface area contributed by atoms with Gasteiger partial charge in [-0.1, -0.05) is 12.2 Å². The zero-order valence-corrected chi connectivity index (χ0v) is 9.89. The predicted molar refractivity (Wildman–Crippen MR) is 60.4 cm³/mol. The normalized spacial score (nSPS) is 22.5. The summed E-state index contributed by atoms with van der Waals surface area (Å²) in [5.41, 5.74) is -0.486. The van der Waals surface area contributed by atoms with E-state index >= 15 is 0 Å². The molecule has 0 radical (unpaired) electrons. The van der Waals surface area contributed by atoms with Gasteiger partial charge in [0.2, 0.25) is 5.91 Å². The van der Waals surface area contributed by atoms with Crippen molar-refractivity contribution in [2.75, 3.05) is 19.7 Å². The van der Waals surface area contributed by atoms with Crippen LogP contribution >= 0.6 is 0 Å². The van der Waals surface area contributed by atoms with Crippen molar-refractivity contribution >= 4 is 11.9 Å². The minimum atomic E-state index is -0.976. The summed E-state index contributed by atoms with van der Waals surface area (Å²) in [6, 6.07) is 0. The minimum absolute atomic E-state index is 0.0824. The first-order valence-electron chi connectivity index (χ1n) is 5.80. The Morgan fingerprint density at radius 1 is 1.41 bits per heavy atom. The number of allylic oxidation sites excluding steroid dienone is 2. The summed E-state index contributed by atoms with van der Waals surface area (Å²) >= 11 is 0. The number of carboxylic acid groups (broad SMARTS) is 1. The fourth-order valence-corrected chi connectivity index (χ4v) is 2.32. The van der Waals surface area contributed by atoms with Crippen LogP contribution in [-0.4, -0.2) is 47.2 Å². The largest absolute Gasteiger partial charge is 0.480 e. The van der Waals surface area contributed by atoms with Crippen LogP contribution in [0.4, 0.5) is 0 Å². The maximum absolute atomic E-state index is 12.0. The lowest BCUT2D eigenvalue weighted by Gasteiger charge is -2.48. The third kappa shape index (κ3) is 2.66. The fourth-order valence-electron chi connectivity index (χ4n) is 2.32. The summed E-state index contributed by atoms with van der Waals surface area (Å²) in [6.07, 6.45) is 5.70. The molecule has 17 heavy (non-hydrogen) atoms. The molecule has 0 saturated carbocycles. The van der Waals surface area contributed by atoms with Crippen LogP contribution in [0.1, 0.15) is 19.8 Å². The Kier molecular flexibility index (Phi) is 3.19. The standard InChI is InChI=1S/C12H17NO4/c1-12(17-6-10(14)15)7-13(8-12)11(16)9-4-2-3-5-9/h2-3,9H,4-8H2,1H3,(H,14,15). The van der Waals surface area contributed by atoms with Gasteiger partial charge in [-0.3, -0.25) is 4.79 Å². The number of nitrogens with zero attached hydrogens (tertiary/aromatic N) is 1. The molecular formula is C12H17NO4. The molecule has 5 heteroatoms. The Labute approximate surface area is 100 Å². The van der Waals surface area contributed by atoms with Gasteiger partial charge in [0.1, 0.15) is 12.2 Å². The quantitative estimate of drug-likeness (QED) is 0.732. The first-order chi connectivity index (χ1) is 8.00. The number of carboxylic acids is 1. The Bertz CT molecular complexity index is 350. The molecule has 1 N–H and O–H groups in total. The Hall–Kier alpha value is -1.36. The number of rotatable bonds is 4. The van der Waals surface area contributed by atoms with Crippen molar-refractivity contribution < 1.29 is 19.4 Å². The van der Waals surface area contributed by atoms with E-state index in [0.717, 1.165) is 12.8 Å². The van der Waals surface area contributed by atoms with Crippen LogP contribution in [0.3, 0.4) is 0 Å². The molecule has 0 aromatic rings. The Balaban J connectivity index is 1.77. The number of carbonyl (C=O) groups is 2. The first kappa shape index (κ1) is 12.1. The van der Waals surface area contributed by atoms with Crippen LogP contribution in [0.15, 0.2) is 12.2 Å². The molecule has 0 bridgehead atoms. The molecule has 0 spiro atoms. The zero-order valence-electron chi connectivity index (χ0n) is 9.89. The minimum Gasteiger partial charge on any atom is -0.480 e. The Morgan fingerprint density at radius 3 is 2.53 bits per heavy atom. The van der Waals surface area contributed by atoms with Crippen molar-refractivity contribution in [3.63, 3.8) is 0 Å². The van der Waals surface area contributed by atoms with Crippen molar-refractivity contribution in [2.45, 2.75) is 25.4 Å². The maximum atomic E-state index is 12.0. The van der Waals surface area contributed by atoms with E-state index in [4.69, 9.17) is 9.84 Å². The average molecular weight is 239 g/mol. The summed E-state index contributed by atoms with van der Waals surface area (Å²) in [5, 5.41) is 8.53. The van der Waals surface area contributed by atoms with Crippen LogP contribution in [0, 0.1) is 5.92 Å². The van der Waals surface area contributed by atoms with Gasteiger partial charge in [0.25, 0.3) is 0 Å². The smallest absolute Gasteiger partial charge is 0.329 e. The molecule has 2 rings (SSSR count). The van der Waals surface area contributed by atoms with Crippen LogP contribution in [0.5, 0.6) is 0 Å². The molecule has 5 nitrogen and oxygen atoms in total. The monoisotopic (exact) mass is 239 g/mol. The van der Waals surface area contributed by atoms with Gasteiger partial charge < -0.3 is 14.7 Å². The van der Waals surface area contributed by atoms with E-state index in [2.05, 4.69) is 0 Å². The van der Waals surface area contributed by atoms with Crippen LogP contribution in [-0.2, 0) is 14.3 Å². The molecule has 0 aromatic heterocycles. The second kappa shape index (κ2) is 4.49. The SMILES string of the molecule is CC1(OCC(=O)O)CN(C(=O)C2CC=CC2)C1. The van der Waals surface area contributed by atoms with Crippen molar-refractivity contribution in [2.24, 2.45) is 5.92 Å². The van der Waals surface area contributed by atoms with Crippen LogP contribution < -0.4 is 0 Å². The number of carbonyl (C=O) groups excluding carboxylic acids is 1. The van der Waals surface area contributed by atoms with Crippen molar-refractivity contribution in [1.82, 2.24) is 4.90 Å². The molecule has 2 aliphatic rings. The van der Waals surface area contributed by atoms with Crippen molar-refractivity contribution in [3.05, 3.63) is 12.2 Å². The van der Waals surface area contributed by atoms with Crippen LogP contribution in [0.2, 0.25) is 0 Å². The number of likely N-dealkylation sites (tertiary alicyclic amines) is 1. The molecule has 1 aliphatic carbocycles. The number of amides is 1. The van der Waals surface area contributed by atoms with E-state index in [9.17, 15) is 9.59 Å². The topological polar surface area (TPSA) is 66.8 Å². The second-order valence-electron chi connectivity index (χ2n) is 4.97. The van der Waals surface area contributed by atoms with Crippen molar-refractivity contribution in [3.8, 4) is 0 Å². The maximum Gasteiger partial charge on any atom is 0.329 e. The Morgan fingerprint density at radius 2 is 2.00 bits per heavy atom. The van der Waals surface area contributed by atoms with E-state index in [1.54, 1.807) is 4.90 Å². The first-order valence-corrected chi connectivity index (χ1v) is 5.80. The van der Waals surface area contributed by atoms with E-state index in [1.807, 2.05) is 19.1 Å². The lowest BCUT2D eigenvalue weighted by atomic mass is 9.93. The average Bonchev–Trinajstić information content (AvgIpc) is 2.74. The number of hydrogen-bond acceptors (Lipinski definition) is 3. The lowest BCUT2D eigenvalue weighted by Crippen LogP contribution is -2.64. The van der Waals surface area contributed by atoms with Gasteiger partial charge in [-0.15, -0.1) is 0 Å². The van der Waals surface area contributed by atoms with Gasteiger partial charge in [-0.2, -0.15) is 0 Å². The summed E-state index contributed by atoms with van der Waals surface area (Å²) in [4.78, 5) is 24.1. The fraction of sp³-hybridized carbons (Fsp3) is 0.667. The third-order valence-corrected chi connectivity index (χ3v) is 3.26. The van der Waals surface area contributed by atoms with Gasteiger partial charge in [0, 0.05) is 5.92 Å². The molecule has 0 aromatic carbocycles. The van der Waals surface area contributed by atoms with E-state index in [0.29, 0.717) is 13.1 Å². The van der Waals surface area contributed by atoms with E-state index in [1.165, 1.54) is 0 Å². The molecule has 1 amide bonds. The summed E-state index contributed by atoms with van der Waals surface area (Å²) in [6.45, 7) is 2.53. The highest BCUT2D eigenvalue weighted by Gasteiger charge is 2.44. The van der Waals surface area contributed by atoms with Gasteiger partial charge in [-0.25, -0.2) is 4.79 Å². The molecule has 1 fully saturated rings. The molecule has 0 unspecified atom stereocenters. The summed E-state index contributed by atoms with van der Waals surface area (Å²) < 4.78 is 5.26. The van der Waals surface area contributed by atoms with E-state index in [-0.39, 0.29) is 18.4 Å². The number of aliphatic carboxylic acids is 1. The summed E-state index contributed by atoms with van der Waals surface area (Å²) in [7, 11) is 0. The zero-order chi connectivity index (χ0) is 12.5. The van der Waals surface area contributed by atoms with Gasteiger partial charge in [-0.05, 0) is 19.8 Å². The summed E-state index contributed by atoms with van der Waals surface area (Å²) in [5.74, 6) is -0.735. The highest BCUT2D eigenvalue weighted by atomic mass is 16.5. The molecule has 1 aliphatic heterocycles. The molecule has 0 atom stereocenters. The molecule has 1 heterocycles. The second-order valence-corrected chi connectivity index (χ2v) is 4.97. The number of ether oxygens (including phenoxy) is 1. The molecule has 94 valence electrons. The van der Waals surface area contributed by atoms with Crippen molar-refractivity contribution in [1.29, 1.82) is 0 Å². The predicted octanol–water partition coefficient (Wildman–Crippen LogP) is 0.655. The van der Waals surface area contributed by atoms with Gasteiger partial charge in [0.05, 0.1) is 13.1 Å². The lowest BCUT2D eigenvalue weighted by molar-refractivity contribution is -0.175. The number of hydrogen-bond donors (Lipinski definition) is 1. The van der Waals surface area contributed by atoms with Gasteiger partial charge in [0.15, 0.2) is 0 Å². The third-order valence-electron chi connectivity index (χ3n) is 3.26. The highest BCUT2D eigenvalue weighted by molar-refractivity contribution is 5.80. The van der Waals surface area contributed by atoms with Crippen LogP contribution in [0.25, 0.3) is 0 Å². The van der Waals surface area contributed by atoms with E-state index < -0.39 is 11.6 Å². The highest BCUT2D eigenvalue weighted by Crippen LogP contribution is 2.29. The molecular weight excluding hydrogens is 222 g/mol. The van der Waals surface area contributed by atoms with Gasteiger partial charge >= 0.3 is 5.97 Å². The molecule has 1 saturated heterocycles.